The highest BCUT2D eigenvalue weighted by molar-refractivity contribution is 6.42. The summed E-state index contributed by atoms with van der Waals surface area (Å²) in [5, 5.41) is 9.20. The zero-order valence-electron chi connectivity index (χ0n) is 16.5. The van der Waals surface area contributed by atoms with Gasteiger partial charge < -0.3 is 10.6 Å². The third kappa shape index (κ3) is 5.35. The van der Waals surface area contributed by atoms with Gasteiger partial charge in [0.2, 0.25) is 0 Å². The minimum Gasteiger partial charge on any atom is -0.316 e. The Bertz CT molecular complexity index is 963. The number of benzene rings is 2. The maximum Gasteiger partial charge on any atom is 0.0595 e. The van der Waals surface area contributed by atoms with E-state index in [4.69, 9.17) is 34.8 Å². The summed E-state index contributed by atoms with van der Waals surface area (Å²) in [6, 6.07) is 20.7. The van der Waals surface area contributed by atoms with Crippen LogP contribution in [0.5, 0.6) is 0 Å². The van der Waals surface area contributed by atoms with Crippen LogP contribution in [0.1, 0.15) is 22.7 Å². The van der Waals surface area contributed by atoms with E-state index in [1.807, 2.05) is 24.3 Å². The summed E-state index contributed by atoms with van der Waals surface area (Å²) < 4.78 is 0. The van der Waals surface area contributed by atoms with Crippen molar-refractivity contribution < 1.29 is 0 Å². The van der Waals surface area contributed by atoms with Crippen molar-refractivity contribution in [3.8, 4) is 0 Å². The quantitative estimate of drug-likeness (QED) is 0.471. The maximum atomic E-state index is 6.32. The second-order valence-electron chi connectivity index (χ2n) is 7.75. The van der Waals surface area contributed by atoms with E-state index in [1.165, 1.54) is 11.1 Å². The smallest absolute Gasteiger partial charge is 0.0595 e. The minimum absolute atomic E-state index is 0.277. The number of rotatable bonds is 7. The fraction of sp³-hybridized carbons (Fsp3) is 0.292. The number of halogens is 3. The normalized spacial score (nSPS) is 19.7. The topological polar surface area (TPSA) is 37.0 Å². The SMILES string of the molecule is Clc1ccc(CNC(Cc2ccccc2)[C@H]2CNC[C@@H]2c2ccc(Cl)c(Cl)c2)nc1. The molecule has 3 nitrogen and oxygen atoms in total. The summed E-state index contributed by atoms with van der Waals surface area (Å²) in [4.78, 5) is 4.44. The first-order valence-electron chi connectivity index (χ1n) is 10.1. The first-order valence-corrected chi connectivity index (χ1v) is 11.3. The molecule has 3 aromatic rings. The Balaban J connectivity index is 1.56. The first-order chi connectivity index (χ1) is 14.6. The highest BCUT2D eigenvalue weighted by atomic mass is 35.5. The van der Waals surface area contributed by atoms with E-state index < -0.39 is 0 Å². The van der Waals surface area contributed by atoms with Crippen LogP contribution in [0.25, 0.3) is 0 Å². The van der Waals surface area contributed by atoms with Crippen LogP contribution in [0, 0.1) is 5.92 Å². The molecule has 0 radical (unpaired) electrons. The van der Waals surface area contributed by atoms with Gasteiger partial charge in [0.25, 0.3) is 0 Å². The van der Waals surface area contributed by atoms with Crippen molar-refractivity contribution in [1.82, 2.24) is 15.6 Å². The minimum atomic E-state index is 0.277. The number of hydrogen-bond donors (Lipinski definition) is 2. The van der Waals surface area contributed by atoms with Crippen molar-refractivity contribution >= 4 is 34.8 Å². The van der Waals surface area contributed by atoms with Gasteiger partial charge in [0.1, 0.15) is 0 Å². The Hall–Kier alpha value is -1.62. The fourth-order valence-corrected chi connectivity index (χ4v) is 4.64. The van der Waals surface area contributed by atoms with Crippen molar-refractivity contribution in [2.45, 2.75) is 24.9 Å². The van der Waals surface area contributed by atoms with E-state index in [1.54, 1.807) is 6.20 Å². The molecule has 6 heteroatoms. The predicted molar refractivity (Wildman–Crippen MR) is 126 cm³/mol. The van der Waals surface area contributed by atoms with Crippen LogP contribution in [-0.4, -0.2) is 24.1 Å². The van der Waals surface area contributed by atoms with Crippen molar-refractivity contribution in [3.05, 3.63) is 98.7 Å². The van der Waals surface area contributed by atoms with E-state index in [2.05, 4.69) is 52.0 Å². The highest BCUT2D eigenvalue weighted by Crippen LogP contribution is 2.35. The number of nitrogens with one attached hydrogen (secondary N) is 2. The molecule has 1 aliphatic rings. The zero-order valence-corrected chi connectivity index (χ0v) is 18.8. The van der Waals surface area contributed by atoms with Crippen LogP contribution >= 0.6 is 34.8 Å². The third-order valence-corrected chi connectivity index (χ3v) is 6.74. The van der Waals surface area contributed by atoms with Crippen molar-refractivity contribution in [1.29, 1.82) is 0 Å². The van der Waals surface area contributed by atoms with E-state index >= 15 is 0 Å². The molecule has 156 valence electrons. The van der Waals surface area contributed by atoms with Gasteiger partial charge in [-0.05, 0) is 47.7 Å². The highest BCUT2D eigenvalue weighted by Gasteiger charge is 2.34. The molecule has 0 bridgehead atoms. The molecule has 1 aromatic heterocycles. The van der Waals surface area contributed by atoms with Crippen LogP contribution in [0.4, 0.5) is 0 Å². The molecule has 0 amide bonds. The number of hydrogen-bond acceptors (Lipinski definition) is 3. The number of nitrogens with zero attached hydrogens (tertiary/aromatic N) is 1. The molecule has 1 fully saturated rings. The first kappa shape index (κ1) is 21.6. The fourth-order valence-electron chi connectivity index (χ4n) is 4.22. The molecule has 1 saturated heterocycles. The Morgan fingerprint density at radius 3 is 2.53 bits per heavy atom. The predicted octanol–water partition coefficient (Wildman–Crippen LogP) is 5.75. The summed E-state index contributed by atoms with van der Waals surface area (Å²) in [6.07, 6.45) is 2.64. The van der Waals surface area contributed by atoms with Gasteiger partial charge in [-0.25, -0.2) is 0 Å². The summed E-state index contributed by atoms with van der Waals surface area (Å²) in [5.41, 5.74) is 3.53. The van der Waals surface area contributed by atoms with Crippen LogP contribution in [0.3, 0.4) is 0 Å². The molecule has 30 heavy (non-hydrogen) atoms. The second-order valence-corrected chi connectivity index (χ2v) is 9.00. The molecule has 0 aliphatic carbocycles. The molecular formula is C24H24Cl3N3. The van der Waals surface area contributed by atoms with Gasteiger partial charge in [-0.15, -0.1) is 0 Å². The Morgan fingerprint density at radius 2 is 1.80 bits per heavy atom. The molecule has 2 heterocycles. The van der Waals surface area contributed by atoms with E-state index in [9.17, 15) is 0 Å². The molecular weight excluding hydrogens is 437 g/mol. The Kier molecular flexibility index (Phi) is 7.29. The molecule has 4 rings (SSSR count). The van der Waals surface area contributed by atoms with Crippen LogP contribution < -0.4 is 10.6 Å². The maximum absolute atomic E-state index is 6.32. The molecule has 1 aliphatic heterocycles. The standard InChI is InChI=1S/C24H24Cl3N3/c25-18-7-8-19(29-12-18)13-30-24(10-16-4-2-1-3-5-16)21-15-28-14-20(21)17-6-9-22(26)23(27)11-17/h1-9,11-12,20-21,24,28,30H,10,13-15H2/t20-,21+,24?/m1/s1. The van der Waals surface area contributed by atoms with Gasteiger partial charge >= 0.3 is 0 Å². The Morgan fingerprint density at radius 1 is 0.967 bits per heavy atom. The lowest BCUT2D eigenvalue weighted by atomic mass is 9.81. The number of aromatic nitrogens is 1. The molecule has 1 unspecified atom stereocenters. The summed E-state index contributed by atoms with van der Waals surface area (Å²) in [5.74, 6) is 0.772. The van der Waals surface area contributed by atoms with Crippen molar-refractivity contribution in [2.24, 2.45) is 5.92 Å². The van der Waals surface area contributed by atoms with Crippen LogP contribution in [0.2, 0.25) is 15.1 Å². The Labute approximate surface area is 192 Å². The van der Waals surface area contributed by atoms with Crippen molar-refractivity contribution in [3.63, 3.8) is 0 Å². The van der Waals surface area contributed by atoms with E-state index in [-0.39, 0.29) is 6.04 Å². The molecule has 0 spiro atoms. The lowest BCUT2D eigenvalue weighted by molar-refractivity contribution is 0.343. The van der Waals surface area contributed by atoms with Gasteiger partial charge in [-0.3, -0.25) is 4.98 Å². The van der Waals surface area contributed by atoms with E-state index in [0.29, 0.717) is 33.4 Å². The monoisotopic (exact) mass is 459 g/mol. The second kappa shape index (κ2) is 10.1. The zero-order chi connectivity index (χ0) is 20.9. The van der Waals surface area contributed by atoms with Gasteiger partial charge in [0.15, 0.2) is 0 Å². The summed E-state index contributed by atoms with van der Waals surface area (Å²) >= 11 is 18.4. The molecule has 3 atom stereocenters. The van der Waals surface area contributed by atoms with Gasteiger partial charge in [0, 0.05) is 37.8 Å². The largest absolute Gasteiger partial charge is 0.316 e. The lowest BCUT2D eigenvalue weighted by Crippen LogP contribution is -2.41. The molecule has 2 N–H and O–H groups in total. The number of pyridine rings is 1. The average molecular weight is 461 g/mol. The third-order valence-electron chi connectivity index (χ3n) is 5.78. The summed E-state index contributed by atoms with van der Waals surface area (Å²) in [6.45, 7) is 2.57. The molecule has 2 aromatic carbocycles. The van der Waals surface area contributed by atoms with Crippen LogP contribution in [0.15, 0.2) is 66.9 Å². The van der Waals surface area contributed by atoms with Gasteiger partial charge in [-0.1, -0.05) is 71.2 Å². The van der Waals surface area contributed by atoms with Crippen molar-refractivity contribution in [2.75, 3.05) is 13.1 Å². The van der Waals surface area contributed by atoms with Gasteiger partial charge in [-0.2, -0.15) is 0 Å². The average Bonchev–Trinajstić information content (AvgIpc) is 3.25. The molecule has 0 saturated carbocycles. The van der Waals surface area contributed by atoms with E-state index in [0.717, 1.165) is 25.2 Å². The lowest BCUT2D eigenvalue weighted by Gasteiger charge is -2.30. The summed E-state index contributed by atoms with van der Waals surface area (Å²) in [7, 11) is 0. The van der Waals surface area contributed by atoms with Crippen LogP contribution in [-0.2, 0) is 13.0 Å². The van der Waals surface area contributed by atoms with Gasteiger partial charge in [0.05, 0.1) is 20.8 Å².